The van der Waals surface area contributed by atoms with Crippen molar-refractivity contribution in [1.82, 2.24) is 20.0 Å². The second-order valence-electron chi connectivity index (χ2n) is 7.12. The van der Waals surface area contributed by atoms with Crippen LogP contribution in [-0.4, -0.2) is 78.4 Å². The highest BCUT2D eigenvalue weighted by molar-refractivity contribution is 5.93. The van der Waals surface area contributed by atoms with Gasteiger partial charge in [0.25, 0.3) is 5.91 Å². The first kappa shape index (κ1) is 18.0. The Morgan fingerprint density at radius 1 is 1.26 bits per heavy atom. The van der Waals surface area contributed by atoms with E-state index in [1.54, 1.807) is 7.11 Å². The molecule has 2 aromatic rings. The van der Waals surface area contributed by atoms with Crippen molar-refractivity contribution in [3.8, 4) is 17.0 Å². The second kappa shape index (κ2) is 8.10. The van der Waals surface area contributed by atoms with Crippen LogP contribution in [0.1, 0.15) is 23.3 Å². The molecule has 1 amide bonds. The third-order valence-corrected chi connectivity index (χ3v) is 5.34. The number of hydrogen-bond donors (Lipinski definition) is 1. The number of carbonyl (C=O) groups excluding carboxylic acids is 1. The number of ether oxygens (including phenoxy) is 2. The quantitative estimate of drug-likeness (QED) is 0.872. The molecule has 0 radical (unpaired) electrons. The van der Waals surface area contributed by atoms with E-state index in [4.69, 9.17) is 9.47 Å². The van der Waals surface area contributed by atoms with Crippen LogP contribution in [0.5, 0.6) is 5.75 Å². The van der Waals surface area contributed by atoms with Crippen molar-refractivity contribution in [2.24, 2.45) is 0 Å². The summed E-state index contributed by atoms with van der Waals surface area (Å²) in [5, 5.41) is 7.19. The van der Waals surface area contributed by atoms with Crippen molar-refractivity contribution in [3.05, 3.63) is 36.0 Å². The van der Waals surface area contributed by atoms with Gasteiger partial charge >= 0.3 is 0 Å². The number of nitrogens with zero attached hydrogens (tertiary/aromatic N) is 3. The molecule has 0 aliphatic carbocycles. The molecule has 0 spiro atoms. The number of piperazine rings is 1. The smallest absolute Gasteiger partial charge is 0.271 e. The lowest BCUT2D eigenvalue weighted by Gasteiger charge is -2.35. The van der Waals surface area contributed by atoms with E-state index < -0.39 is 0 Å². The summed E-state index contributed by atoms with van der Waals surface area (Å²) >= 11 is 0. The minimum absolute atomic E-state index is 0.0130. The maximum atomic E-state index is 12.8. The molecule has 3 heterocycles. The summed E-state index contributed by atoms with van der Waals surface area (Å²) in [6.07, 6.45) is 2.69. The number of aromatic nitrogens is 2. The minimum Gasteiger partial charge on any atom is -0.497 e. The van der Waals surface area contributed by atoms with E-state index >= 15 is 0 Å². The first-order valence-electron chi connectivity index (χ1n) is 9.56. The number of benzene rings is 1. The fourth-order valence-electron chi connectivity index (χ4n) is 3.72. The molecule has 1 N–H and O–H groups in total. The lowest BCUT2D eigenvalue weighted by molar-refractivity contribution is 0.0430. The van der Waals surface area contributed by atoms with Crippen LogP contribution in [0.3, 0.4) is 0 Å². The van der Waals surface area contributed by atoms with Crippen LogP contribution in [0.25, 0.3) is 11.3 Å². The summed E-state index contributed by atoms with van der Waals surface area (Å²) in [5.74, 6) is 0.811. The minimum atomic E-state index is 0.0130. The molecule has 0 bridgehead atoms. The third-order valence-electron chi connectivity index (χ3n) is 5.34. The largest absolute Gasteiger partial charge is 0.497 e. The van der Waals surface area contributed by atoms with Gasteiger partial charge in [0.2, 0.25) is 0 Å². The average molecular weight is 370 g/mol. The normalized spacial score (nSPS) is 20.8. The molecule has 2 saturated heterocycles. The highest BCUT2D eigenvalue weighted by Gasteiger charge is 2.26. The van der Waals surface area contributed by atoms with Gasteiger partial charge in [-0.15, -0.1) is 0 Å². The number of aromatic amines is 1. The predicted octanol–water partition coefficient (Wildman–Crippen LogP) is 2.02. The van der Waals surface area contributed by atoms with Gasteiger partial charge < -0.3 is 14.4 Å². The van der Waals surface area contributed by atoms with Gasteiger partial charge in [-0.25, -0.2) is 0 Å². The highest BCUT2D eigenvalue weighted by atomic mass is 16.5. The Balaban J connectivity index is 1.34. The molecular weight excluding hydrogens is 344 g/mol. The van der Waals surface area contributed by atoms with Crippen molar-refractivity contribution >= 4 is 5.91 Å². The zero-order chi connectivity index (χ0) is 18.6. The van der Waals surface area contributed by atoms with Crippen LogP contribution in [-0.2, 0) is 4.74 Å². The second-order valence-corrected chi connectivity index (χ2v) is 7.12. The zero-order valence-electron chi connectivity index (χ0n) is 15.7. The van der Waals surface area contributed by atoms with E-state index in [-0.39, 0.29) is 5.91 Å². The Morgan fingerprint density at radius 2 is 2.04 bits per heavy atom. The average Bonchev–Trinajstić information content (AvgIpc) is 3.40. The molecule has 7 nitrogen and oxygen atoms in total. The number of carbonyl (C=O) groups is 1. The topological polar surface area (TPSA) is 70.7 Å². The first-order chi connectivity index (χ1) is 13.2. The van der Waals surface area contributed by atoms with Crippen molar-refractivity contribution < 1.29 is 14.3 Å². The van der Waals surface area contributed by atoms with Crippen LogP contribution in [0.15, 0.2) is 30.3 Å². The van der Waals surface area contributed by atoms with Crippen molar-refractivity contribution in [1.29, 1.82) is 0 Å². The van der Waals surface area contributed by atoms with Crippen LogP contribution < -0.4 is 4.74 Å². The molecule has 4 rings (SSSR count). The molecule has 2 aliphatic heterocycles. The van der Waals surface area contributed by atoms with Gasteiger partial charge in [0.15, 0.2) is 0 Å². The Bertz CT molecular complexity index is 760. The summed E-state index contributed by atoms with van der Waals surface area (Å²) in [4.78, 5) is 17.1. The molecular formula is C20H26N4O3. The van der Waals surface area contributed by atoms with Crippen LogP contribution >= 0.6 is 0 Å². The van der Waals surface area contributed by atoms with Crippen LogP contribution in [0.2, 0.25) is 0 Å². The van der Waals surface area contributed by atoms with E-state index in [2.05, 4.69) is 15.1 Å². The molecule has 7 heteroatoms. The molecule has 0 saturated carbocycles. The molecule has 1 aromatic carbocycles. The van der Waals surface area contributed by atoms with Gasteiger partial charge in [-0.05, 0) is 43.2 Å². The van der Waals surface area contributed by atoms with E-state index in [0.717, 1.165) is 62.8 Å². The number of H-pyrrole nitrogens is 1. The van der Waals surface area contributed by atoms with E-state index in [1.807, 2.05) is 35.2 Å². The predicted molar refractivity (Wildman–Crippen MR) is 102 cm³/mol. The van der Waals surface area contributed by atoms with E-state index in [0.29, 0.717) is 11.8 Å². The lowest BCUT2D eigenvalue weighted by atomic mass is 10.1. The van der Waals surface area contributed by atoms with Crippen molar-refractivity contribution in [2.75, 3.05) is 46.4 Å². The Hall–Kier alpha value is -2.38. The molecule has 144 valence electrons. The lowest BCUT2D eigenvalue weighted by Crippen LogP contribution is -2.50. The Kier molecular flexibility index (Phi) is 5.40. The van der Waals surface area contributed by atoms with Crippen LogP contribution in [0, 0.1) is 0 Å². The summed E-state index contributed by atoms with van der Waals surface area (Å²) in [7, 11) is 1.64. The third kappa shape index (κ3) is 4.14. The summed E-state index contributed by atoms with van der Waals surface area (Å²) in [6, 6.07) is 9.47. The molecule has 2 aliphatic rings. The number of amides is 1. The van der Waals surface area contributed by atoms with Gasteiger partial charge in [-0.3, -0.25) is 14.8 Å². The summed E-state index contributed by atoms with van der Waals surface area (Å²) in [5.41, 5.74) is 2.25. The van der Waals surface area contributed by atoms with Crippen molar-refractivity contribution in [3.63, 3.8) is 0 Å². The Morgan fingerprint density at radius 3 is 2.70 bits per heavy atom. The molecule has 1 atom stereocenters. The number of nitrogens with one attached hydrogen (secondary N) is 1. The molecule has 0 unspecified atom stereocenters. The summed E-state index contributed by atoms with van der Waals surface area (Å²) < 4.78 is 10.9. The SMILES string of the molecule is COc1ccc(-c2cc(C(=O)N3CCN(C[C@@H]4CCCO4)CC3)[nH]n2)cc1. The van der Waals surface area contributed by atoms with Gasteiger partial charge in [0.1, 0.15) is 11.4 Å². The zero-order valence-corrected chi connectivity index (χ0v) is 15.7. The molecule has 1 aromatic heterocycles. The molecule has 27 heavy (non-hydrogen) atoms. The first-order valence-corrected chi connectivity index (χ1v) is 9.56. The molecule has 2 fully saturated rings. The monoisotopic (exact) mass is 370 g/mol. The van der Waals surface area contributed by atoms with E-state index in [1.165, 1.54) is 6.42 Å². The summed E-state index contributed by atoms with van der Waals surface area (Å²) in [6.45, 7) is 5.13. The maximum absolute atomic E-state index is 12.8. The van der Waals surface area contributed by atoms with E-state index in [9.17, 15) is 4.79 Å². The van der Waals surface area contributed by atoms with Gasteiger partial charge in [0.05, 0.1) is 18.9 Å². The number of hydrogen-bond acceptors (Lipinski definition) is 5. The van der Waals surface area contributed by atoms with Crippen molar-refractivity contribution in [2.45, 2.75) is 18.9 Å². The highest BCUT2D eigenvalue weighted by Crippen LogP contribution is 2.22. The van der Waals surface area contributed by atoms with Crippen LogP contribution in [0.4, 0.5) is 0 Å². The standard InChI is InChI=1S/C20H26N4O3/c1-26-16-6-4-15(5-7-16)18-13-19(22-21-18)20(25)24-10-8-23(9-11-24)14-17-3-2-12-27-17/h4-7,13,17H,2-3,8-12,14H2,1H3,(H,21,22)/t17-/m0/s1. The number of rotatable bonds is 5. The number of methoxy groups -OCH3 is 1. The Labute approximate surface area is 159 Å². The van der Waals surface area contributed by atoms with Gasteiger partial charge in [-0.1, -0.05) is 0 Å². The van der Waals surface area contributed by atoms with Gasteiger partial charge in [0, 0.05) is 44.9 Å². The van der Waals surface area contributed by atoms with Gasteiger partial charge in [-0.2, -0.15) is 5.10 Å². The fourth-order valence-corrected chi connectivity index (χ4v) is 3.72. The fraction of sp³-hybridized carbons (Fsp3) is 0.500. The maximum Gasteiger partial charge on any atom is 0.271 e.